The van der Waals surface area contributed by atoms with Gasteiger partial charge in [-0.05, 0) is 53.8 Å². The highest BCUT2D eigenvalue weighted by Gasteiger charge is 2.41. The lowest BCUT2D eigenvalue weighted by molar-refractivity contribution is -0.138. The molecule has 0 bridgehead atoms. The van der Waals surface area contributed by atoms with Crippen LogP contribution in [-0.2, 0) is 14.4 Å². The van der Waals surface area contributed by atoms with E-state index in [2.05, 4.69) is 10.3 Å². The molecule has 2 atom stereocenters. The first-order chi connectivity index (χ1) is 18.9. The minimum atomic E-state index is -1.06. The largest absolute Gasteiger partial charge is 0.493 e. The van der Waals surface area contributed by atoms with Gasteiger partial charge in [0.15, 0.2) is 17.3 Å². The zero-order valence-electron chi connectivity index (χ0n) is 21.7. The van der Waals surface area contributed by atoms with Crippen molar-refractivity contribution in [2.45, 2.75) is 37.6 Å². The van der Waals surface area contributed by atoms with Gasteiger partial charge >= 0.3 is 5.97 Å². The summed E-state index contributed by atoms with van der Waals surface area (Å²) in [5, 5.41) is 12.7. The number of allylic oxidation sites excluding steroid dienone is 1. The first kappa shape index (κ1) is 26.0. The van der Waals surface area contributed by atoms with E-state index in [1.807, 2.05) is 42.5 Å². The predicted octanol–water partition coefficient (Wildman–Crippen LogP) is 4.86. The van der Waals surface area contributed by atoms with Gasteiger partial charge in [0.05, 0.1) is 38.1 Å². The number of para-hydroxylation sites is 2. The first-order valence-electron chi connectivity index (χ1n) is 12.7. The smallest absolute Gasteiger partial charge is 0.303 e. The highest BCUT2D eigenvalue weighted by atomic mass is 16.5. The van der Waals surface area contributed by atoms with E-state index in [0.29, 0.717) is 40.4 Å². The van der Waals surface area contributed by atoms with Gasteiger partial charge in [0, 0.05) is 36.5 Å². The summed E-state index contributed by atoms with van der Waals surface area (Å²) in [6, 6.07) is 15.8. The molecule has 2 N–H and O–H groups in total. The Morgan fingerprint density at radius 1 is 1.00 bits per heavy atom. The van der Waals surface area contributed by atoms with Crippen molar-refractivity contribution in [3.05, 3.63) is 89.4 Å². The lowest BCUT2D eigenvalue weighted by Crippen LogP contribution is -2.38. The molecule has 1 aromatic heterocycles. The lowest BCUT2D eigenvalue weighted by atomic mass is 9.78. The van der Waals surface area contributed by atoms with Crippen LogP contribution in [0.2, 0.25) is 0 Å². The minimum Gasteiger partial charge on any atom is -0.493 e. The second-order valence-electron chi connectivity index (χ2n) is 9.52. The maximum absolute atomic E-state index is 14.0. The molecule has 0 spiro atoms. The monoisotopic (exact) mass is 527 g/mol. The van der Waals surface area contributed by atoms with Gasteiger partial charge in [-0.25, -0.2) is 0 Å². The van der Waals surface area contributed by atoms with Crippen LogP contribution in [0.1, 0.15) is 48.8 Å². The Morgan fingerprint density at radius 3 is 2.51 bits per heavy atom. The third kappa shape index (κ3) is 5.07. The van der Waals surface area contributed by atoms with Crippen molar-refractivity contribution >= 4 is 29.0 Å². The van der Waals surface area contributed by atoms with Gasteiger partial charge in [0.2, 0.25) is 5.91 Å². The fourth-order valence-electron chi connectivity index (χ4n) is 5.40. The van der Waals surface area contributed by atoms with E-state index in [-0.39, 0.29) is 36.9 Å². The third-order valence-corrected chi connectivity index (χ3v) is 7.19. The van der Waals surface area contributed by atoms with Crippen LogP contribution in [0.25, 0.3) is 0 Å². The molecular weight excluding hydrogens is 498 g/mol. The number of carboxylic acid groups (broad SMARTS) is 1. The number of carbonyl (C=O) groups is 3. The molecular formula is C30H29N3O6. The SMILES string of the molecule is COc1ccc([C@@H]2CC(=O)C3=C(C2)Nc2ccccc2N(C(=O)CCC(=O)O)[C@@H]3c2cccnc2)cc1OC. The fourth-order valence-corrected chi connectivity index (χ4v) is 5.40. The summed E-state index contributed by atoms with van der Waals surface area (Å²) in [6.45, 7) is 0. The second-order valence-corrected chi connectivity index (χ2v) is 9.52. The minimum absolute atomic E-state index is 0.0961. The van der Waals surface area contributed by atoms with Crippen molar-refractivity contribution in [2.75, 3.05) is 24.4 Å². The zero-order valence-corrected chi connectivity index (χ0v) is 21.7. The molecule has 1 aliphatic carbocycles. The topological polar surface area (TPSA) is 118 Å². The van der Waals surface area contributed by atoms with E-state index in [9.17, 15) is 19.5 Å². The summed E-state index contributed by atoms with van der Waals surface area (Å²) in [7, 11) is 3.15. The number of carbonyl (C=O) groups excluding carboxylic acids is 2. The number of Topliss-reactive ketones (excluding diaryl/α,β-unsaturated/α-hetero) is 1. The summed E-state index contributed by atoms with van der Waals surface area (Å²) in [5.41, 5.74) is 4.07. The Morgan fingerprint density at radius 2 is 1.79 bits per heavy atom. The maximum atomic E-state index is 14.0. The molecule has 3 aromatic rings. The number of aliphatic carboxylic acids is 1. The van der Waals surface area contributed by atoms with E-state index in [4.69, 9.17) is 9.47 Å². The van der Waals surface area contributed by atoms with Gasteiger partial charge in [-0.3, -0.25) is 24.3 Å². The van der Waals surface area contributed by atoms with Crippen molar-refractivity contribution in [1.29, 1.82) is 0 Å². The molecule has 2 aromatic carbocycles. The number of methoxy groups -OCH3 is 2. The van der Waals surface area contributed by atoms with Crippen LogP contribution in [-0.4, -0.2) is 42.0 Å². The van der Waals surface area contributed by atoms with Crippen LogP contribution < -0.4 is 19.7 Å². The number of pyridine rings is 1. The average Bonchev–Trinajstić information content (AvgIpc) is 3.10. The molecule has 39 heavy (non-hydrogen) atoms. The first-order valence-corrected chi connectivity index (χ1v) is 12.7. The maximum Gasteiger partial charge on any atom is 0.303 e. The number of aromatic nitrogens is 1. The van der Waals surface area contributed by atoms with Crippen LogP contribution in [0.15, 0.2) is 78.3 Å². The van der Waals surface area contributed by atoms with Crippen molar-refractivity contribution in [1.82, 2.24) is 4.98 Å². The van der Waals surface area contributed by atoms with Crippen molar-refractivity contribution in [3.63, 3.8) is 0 Å². The van der Waals surface area contributed by atoms with Gasteiger partial charge in [-0.15, -0.1) is 0 Å². The molecule has 0 unspecified atom stereocenters. The third-order valence-electron chi connectivity index (χ3n) is 7.19. The number of ether oxygens (including phenoxy) is 2. The summed E-state index contributed by atoms with van der Waals surface area (Å²) in [5.74, 6) is -0.472. The molecule has 1 aliphatic heterocycles. The molecule has 200 valence electrons. The van der Waals surface area contributed by atoms with Crippen molar-refractivity contribution in [2.24, 2.45) is 0 Å². The summed E-state index contributed by atoms with van der Waals surface area (Å²) in [4.78, 5) is 44.8. The number of fused-ring (bicyclic) bond motifs is 1. The number of carboxylic acids is 1. The number of nitrogens with zero attached hydrogens (tertiary/aromatic N) is 2. The molecule has 1 amide bonds. The van der Waals surface area contributed by atoms with Crippen molar-refractivity contribution < 1.29 is 29.0 Å². The summed E-state index contributed by atoms with van der Waals surface area (Å²) >= 11 is 0. The Bertz CT molecular complexity index is 1450. The quantitative estimate of drug-likeness (QED) is 0.447. The number of hydrogen-bond donors (Lipinski definition) is 2. The Labute approximate surface area is 226 Å². The zero-order chi connectivity index (χ0) is 27.5. The summed E-state index contributed by atoms with van der Waals surface area (Å²) in [6.07, 6.45) is 3.53. The summed E-state index contributed by atoms with van der Waals surface area (Å²) < 4.78 is 10.9. The second kappa shape index (κ2) is 11.0. The standard InChI is InChI=1S/C30H29N3O6/c1-38-25-10-9-18(16-26(25)39-2)20-14-22-29(24(34)15-20)30(19-6-5-13-31-17-19)33(27(35)11-12-28(36)37)23-8-4-3-7-21(23)32-22/h3-10,13,16-17,20,30,32H,11-12,14-15H2,1-2H3,(H,36,37)/t20-,30+/m0/s1. The van der Waals surface area contributed by atoms with Crippen molar-refractivity contribution in [3.8, 4) is 11.5 Å². The number of ketones is 1. The van der Waals surface area contributed by atoms with Crippen LogP contribution in [0.5, 0.6) is 11.5 Å². The highest BCUT2D eigenvalue weighted by molar-refractivity contribution is 6.06. The molecule has 0 saturated carbocycles. The van der Waals surface area contributed by atoms with E-state index < -0.39 is 12.0 Å². The van der Waals surface area contributed by atoms with Gasteiger partial charge in [0.25, 0.3) is 0 Å². The van der Waals surface area contributed by atoms with Crippen LogP contribution in [0.4, 0.5) is 11.4 Å². The van der Waals surface area contributed by atoms with Crippen LogP contribution in [0, 0.1) is 0 Å². The molecule has 0 saturated heterocycles. The van der Waals surface area contributed by atoms with Gasteiger partial charge in [0.1, 0.15) is 0 Å². The molecule has 2 aliphatic rings. The number of amides is 1. The van der Waals surface area contributed by atoms with E-state index >= 15 is 0 Å². The van der Waals surface area contributed by atoms with Crippen LogP contribution >= 0.6 is 0 Å². The van der Waals surface area contributed by atoms with E-state index in [1.165, 1.54) is 0 Å². The molecule has 2 heterocycles. The van der Waals surface area contributed by atoms with Gasteiger partial charge in [-0.2, -0.15) is 0 Å². The Kier molecular flexibility index (Phi) is 7.31. The number of hydrogen-bond acceptors (Lipinski definition) is 7. The molecule has 0 radical (unpaired) electrons. The molecule has 9 heteroatoms. The number of anilines is 2. The highest BCUT2D eigenvalue weighted by Crippen LogP contribution is 2.48. The number of nitrogens with one attached hydrogen (secondary N) is 1. The predicted molar refractivity (Wildman–Crippen MR) is 145 cm³/mol. The molecule has 9 nitrogen and oxygen atoms in total. The fraction of sp³-hybridized carbons (Fsp3) is 0.267. The Balaban J connectivity index is 1.64. The Hall–Kier alpha value is -4.66. The van der Waals surface area contributed by atoms with Crippen LogP contribution in [0.3, 0.4) is 0 Å². The molecule has 5 rings (SSSR count). The normalized spacial score (nSPS) is 18.4. The molecule has 0 fully saturated rings. The van der Waals surface area contributed by atoms with Gasteiger partial charge in [-0.1, -0.05) is 24.3 Å². The average molecular weight is 528 g/mol. The van der Waals surface area contributed by atoms with Gasteiger partial charge < -0.3 is 19.9 Å². The van der Waals surface area contributed by atoms with E-state index in [1.54, 1.807) is 43.6 Å². The number of benzene rings is 2. The number of rotatable bonds is 7. The lowest BCUT2D eigenvalue weighted by Gasteiger charge is -2.35. The van der Waals surface area contributed by atoms with E-state index in [0.717, 1.165) is 11.3 Å².